The molecule has 0 N–H and O–H groups in total. The lowest BCUT2D eigenvalue weighted by molar-refractivity contribution is -0.704. The van der Waals surface area contributed by atoms with Crippen LogP contribution in [0.3, 0.4) is 0 Å². The van der Waals surface area contributed by atoms with Gasteiger partial charge in [0.1, 0.15) is 18.5 Å². The second kappa shape index (κ2) is 5.43. The van der Waals surface area contributed by atoms with Crippen molar-refractivity contribution in [2.45, 2.75) is 46.2 Å². The van der Waals surface area contributed by atoms with Crippen molar-refractivity contribution in [3.8, 4) is 6.07 Å². The summed E-state index contributed by atoms with van der Waals surface area (Å²) in [5.41, 5.74) is 0. The van der Waals surface area contributed by atoms with E-state index >= 15 is 0 Å². The van der Waals surface area contributed by atoms with Gasteiger partial charge in [0.25, 0.3) is 5.82 Å². The van der Waals surface area contributed by atoms with Crippen LogP contribution in [0.2, 0.25) is 0 Å². The molecule has 0 fully saturated rings. The lowest BCUT2D eigenvalue weighted by Crippen LogP contribution is -2.36. The number of nitriles is 1. The number of hydrogen-bond acceptors (Lipinski definition) is 1. The van der Waals surface area contributed by atoms with Crippen molar-refractivity contribution in [3.63, 3.8) is 0 Å². The SMILES string of the molecule is CCCC[n+]1ccn(CC#N)c1CC. The Morgan fingerprint density at radius 3 is 2.86 bits per heavy atom. The summed E-state index contributed by atoms with van der Waals surface area (Å²) in [6.07, 6.45) is 7.47. The molecule has 76 valence electrons. The Hall–Kier alpha value is -1.30. The molecule has 0 radical (unpaired) electrons. The maximum Gasteiger partial charge on any atom is 0.256 e. The summed E-state index contributed by atoms with van der Waals surface area (Å²) in [5, 5.41) is 8.64. The van der Waals surface area contributed by atoms with Gasteiger partial charge in [-0.3, -0.25) is 0 Å². The first-order chi connectivity index (χ1) is 6.83. The standard InChI is InChI=1S/C11H18N3/c1-3-5-7-13-9-10-14(8-6-12)11(13)4-2/h9-10H,3-5,7-8H2,1-2H3/q+1. The van der Waals surface area contributed by atoms with Crippen LogP contribution >= 0.6 is 0 Å². The van der Waals surface area contributed by atoms with Crippen molar-refractivity contribution in [2.24, 2.45) is 0 Å². The number of aromatic nitrogens is 2. The lowest BCUT2D eigenvalue weighted by Gasteiger charge is -1.99. The quantitative estimate of drug-likeness (QED) is 0.653. The molecule has 0 spiro atoms. The predicted molar refractivity (Wildman–Crippen MR) is 54.5 cm³/mol. The molecule has 1 aromatic rings. The molecule has 0 aromatic carbocycles. The van der Waals surface area contributed by atoms with Crippen LogP contribution in [0.1, 0.15) is 32.5 Å². The van der Waals surface area contributed by atoms with Gasteiger partial charge in [-0.05, 0) is 6.42 Å². The topological polar surface area (TPSA) is 32.6 Å². The molecule has 0 aliphatic rings. The van der Waals surface area contributed by atoms with Gasteiger partial charge in [0.05, 0.1) is 6.54 Å². The molecule has 0 atom stereocenters. The van der Waals surface area contributed by atoms with Gasteiger partial charge >= 0.3 is 0 Å². The highest BCUT2D eigenvalue weighted by molar-refractivity contribution is 4.87. The molecule has 3 nitrogen and oxygen atoms in total. The summed E-state index contributed by atoms with van der Waals surface area (Å²) in [6, 6.07) is 2.18. The van der Waals surface area contributed by atoms with E-state index in [0.717, 1.165) is 13.0 Å². The number of unbranched alkanes of at least 4 members (excludes halogenated alkanes) is 1. The third-order valence-electron chi connectivity index (χ3n) is 2.40. The Morgan fingerprint density at radius 1 is 1.50 bits per heavy atom. The molecule has 0 saturated carbocycles. The highest BCUT2D eigenvalue weighted by Gasteiger charge is 2.13. The van der Waals surface area contributed by atoms with Crippen molar-refractivity contribution >= 4 is 0 Å². The lowest BCUT2D eigenvalue weighted by atomic mass is 10.3. The first kappa shape index (κ1) is 10.8. The zero-order chi connectivity index (χ0) is 10.4. The van der Waals surface area contributed by atoms with Crippen LogP contribution in [-0.2, 0) is 19.5 Å². The molecule has 3 heteroatoms. The number of aryl methyl sites for hydroxylation is 1. The molecule has 0 amide bonds. The number of imidazole rings is 1. The van der Waals surface area contributed by atoms with Crippen molar-refractivity contribution in [1.29, 1.82) is 5.26 Å². The molecule has 0 aliphatic carbocycles. The van der Waals surface area contributed by atoms with E-state index in [1.54, 1.807) is 0 Å². The van der Waals surface area contributed by atoms with Gasteiger partial charge in [-0.15, -0.1) is 0 Å². The first-order valence-electron chi connectivity index (χ1n) is 5.27. The molecule has 1 aromatic heterocycles. The molecule has 0 saturated heterocycles. The predicted octanol–water partition coefficient (Wildman–Crippen LogP) is 1.66. The zero-order valence-electron chi connectivity index (χ0n) is 9.03. The Kier molecular flexibility index (Phi) is 4.18. The normalized spacial score (nSPS) is 10.1. The number of hydrogen-bond donors (Lipinski definition) is 0. The van der Waals surface area contributed by atoms with Crippen molar-refractivity contribution in [3.05, 3.63) is 18.2 Å². The molecule has 0 bridgehead atoms. The monoisotopic (exact) mass is 192 g/mol. The minimum Gasteiger partial charge on any atom is -0.234 e. The minimum absolute atomic E-state index is 0.461. The minimum atomic E-state index is 0.461. The van der Waals surface area contributed by atoms with Gasteiger partial charge in [0, 0.05) is 6.42 Å². The summed E-state index contributed by atoms with van der Waals surface area (Å²) in [4.78, 5) is 0. The van der Waals surface area contributed by atoms with Crippen molar-refractivity contribution in [1.82, 2.24) is 4.57 Å². The average molecular weight is 192 g/mol. The molecule has 1 heterocycles. The third kappa shape index (κ3) is 2.35. The van der Waals surface area contributed by atoms with Gasteiger partial charge in [-0.2, -0.15) is 5.26 Å². The fraction of sp³-hybridized carbons (Fsp3) is 0.636. The van der Waals surface area contributed by atoms with Gasteiger partial charge in [0.15, 0.2) is 6.54 Å². The van der Waals surface area contributed by atoms with E-state index in [4.69, 9.17) is 5.26 Å². The highest BCUT2D eigenvalue weighted by Crippen LogP contribution is 1.98. The smallest absolute Gasteiger partial charge is 0.234 e. The fourth-order valence-electron chi connectivity index (χ4n) is 1.66. The first-order valence-corrected chi connectivity index (χ1v) is 5.27. The van der Waals surface area contributed by atoms with Gasteiger partial charge in [-0.1, -0.05) is 20.3 Å². The Balaban J connectivity index is 2.79. The van der Waals surface area contributed by atoms with Gasteiger partial charge in [-0.25, -0.2) is 9.13 Å². The molecular weight excluding hydrogens is 174 g/mol. The second-order valence-electron chi connectivity index (χ2n) is 3.40. The van der Waals surface area contributed by atoms with Crippen LogP contribution in [0.15, 0.2) is 12.4 Å². The van der Waals surface area contributed by atoms with Crippen LogP contribution in [0.5, 0.6) is 0 Å². The summed E-state index contributed by atoms with van der Waals surface area (Å²) in [5.74, 6) is 1.25. The van der Waals surface area contributed by atoms with E-state index in [1.165, 1.54) is 18.7 Å². The molecular formula is C11H18N3+. The van der Waals surface area contributed by atoms with E-state index in [2.05, 4.69) is 30.7 Å². The number of nitrogens with zero attached hydrogens (tertiary/aromatic N) is 3. The summed E-state index contributed by atoms with van der Waals surface area (Å²) in [6.45, 7) is 5.85. The Morgan fingerprint density at radius 2 is 2.29 bits per heavy atom. The second-order valence-corrected chi connectivity index (χ2v) is 3.40. The summed E-state index contributed by atoms with van der Waals surface area (Å²) >= 11 is 0. The van der Waals surface area contributed by atoms with Crippen LogP contribution in [0.4, 0.5) is 0 Å². The fourth-order valence-corrected chi connectivity index (χ4v) is 1.66. The Bertz CT molecular complexity index is 320. The molecule has 0 unspecified atom stereocenters. The zero-order valence-corrected chi connectivity index (χ0v) is 9.03. The summed E-state index contributed by atoms with van der Waals surface area (Å²) < 4.78 is 4.27. The maximum atomic E-state index is 8.64. The average Bonchev–Trinajstić information content (AvgIpc) is 2.58. The van der Waals surface area contributed by atoms with Crippen LogP contribution in [0, 0.1) is 11.3 Å². The largest absolute Gasteiger partial charge is 0.256 e. The van der Waals surface area contributed by atoms with Crippen LogP contribution in [-0.4, -0.2) is 4.57 Å². The van der Waals surface area contributed by atoms with Crippen molar-refractivity contribution < 1.29 is 4.57 Å². The van der Waals surface area contributed by atoms with Crippen molar-refractivity contribution in [2.75, 3.05) is 0 Å². The van der Waals surface area contributed by atoms with Gasteiger partial charge < -0.3 is 0 Å². The van der Waals surface area contributed by atoms with E-state index in [-0.39, 0.29) is 0 Å². The maximum absolute atomic E-state index is 8.64. The van der Waals surface area contributed by atoms with E-state index in [9.17, 15) is 0 Å². The molecule has 14 heavy (non-hydrogen) atoms. The summed E-state index contributed by atoms with van der Waals surface area (Å²) in [7, 11) is 0. The third-order valence-corrected chi connectivity index (χ3v) is 2.40. The Labute approximate surface area is 85.6 Å². The molecule has 0 aliphatic heterocycles. The van der Waals surface area contributed by atoms with Crippen LogP contribution in [0.25, 0.3) is 0 Å². The van der Waals surface area contributed by atoms with E-state index < -0.39 is 0 Å². The van der Waals surface area contributed by atoms with Gasteiger partial charge in [0.2, 0.25) is 0 Å². The van der Waals surface area contributed by atoms with E-state index in [1.807, 2.05) is 10.8 Å². The highest BCUT2D eigenvalue weighted by atomic mass is 15.1. The van der Waals surface area contributed by atoms with Crippen LogP contribution < -0.4 is 4.57 Å². The molecule has 1 rings (SSSR count). The number of rotatable bonds is 5. The van der Waals surface area contributed by atoms with E-state index in [0.29, 0.717) is 6.54 Å².